The van der Waals surface area contributed by atoms with Gasteiger partial charge in [0.1, 0.15) is 5.69 Å². The Morgan fingerprint density at radius 2 is 1.76 bits per heavy atom. The lowest BCUT2D eigenvalue weighted by atomic mass is 9.99. The predicted molar refractivity (Wildman–Crippen MR) is 82.6 cm³/mol. The molecule has 2 aromatic heterocycles. The fraction of sp³-hybridized carbons (Fsp3) is 0.176. The van der Waals surface area contributed by atoms with E-state index < -0.39 is 0 Å². The number of hydrogen-bond acceptors (Lipinski definition) is 3. The molecule has 4 nitrogen and oxygen atoms in total. The molecule has 4 heteroatoms. The molecular formula is C17H16N4. The summed E-state index contributed by atoms with van der Waals surface area (Å²) in [6, 6.07) is 14.5. The van der Waals surface area contributed by atoms with Crippen molar-refractivity contribution in [3.8, 4) is 22.4 Å². The average molecular weight is 276 g/mol. The van der Waals surface area contributed by atoms with Crippen molar-refractivity contribution in [2.45, 2.75) is 13.1 Å². The zero-order valence-corrected chi connectivity index (χ0v) is 11.7. The number of fused-ring (bicyclic) bond motifs is 1. The van der Waals surface area contributed by atoms with Gasteiger partial charge in [0.15, 0.2) is 0 Å². The summed E-state index contributed by atoms with van der Waals surface area (Å²) in [7, 11) is 0. The van der Waals surface area contributed by atoms with Gasteiger partial charge in [0.2, 0.25) is 0 Å². The molecule has 1 N–H and O–H groups in total. The molecule has 0 aliphatic carbocycles. The maximum absolute atomic E-state index is 4.85. The SMILES string of the molecule is c1ccc(-c2nn3c(c2-c2ccncc2)CNCC3)cc1. The maximum atomic E-state index is 4.85. The lowest BCUT2D eigenvalue weighted by Gasteiger charge is -2.16. The third-order valence-corrected chi connectivity index (χ3v) is 3.87. The van der Waals surface area contributed by atoms with Crippen LogP contribution in [0.5, 0.6) is 0 Å². The lowest BCUT2D eigenvalue weighted by Crippen LogP contribution is -2.28. The van der Waals surface area contributed by atoms with Crippen molar-refractivity contribution in [3.05, 3.63) is 60.6 Å². The monoisotopic (exact) mass is 276 g/mol. The van der Waals surface area contributed by atoms with Crippen LogP contribution in [0.3, 0.4) is 0 Å². The Kier molecular flexibility index (Phi) is 3.01. The van der Waals surface area contributed by atoms with Gasteiger partial charge in [-0.1, -0.05) is 30.3 Å². The van der Waals surface area contributed by atoms with Crippen molar-refractivity contribution >= 4 is 0 Å². The highest BCUT2D eigenvalue weighted by molar-refractivity contribution is 5.82. The maximum Gasteiger partial charge on any atom is 0.100 e. The van der Waals surface area contributed by atoms with Crippen LogP contribution in [-0.2, 0) is 13.1 Å². The summed E-state index contributed by atoms with van der Waals surface area (Å²) in [4.78, 5) is 4.13. The summed E-state index contributed by atoms with van der Waals surface area (Å²) in [6.45, 7) is 2.75. The Morgan fingerprint density at radius 3 is 2.57 bits per heavy atom. The molecule has 104 valence electrons. The molecule has 0 spiro atoms. The number of hydrogen-bond donors (Lipinski definition) is 1. The summed E-state index contributed by atoms with van der Waals surface area (Å²) in [5.41, 5.74) is 5.86. The molecule has 0 unspecified atom stereocenters. The highest BCUT2D eigenvalue weighted by Gasteiger charge is 2.22. The van der Waals surface area contributed by atoms with Crippen LogP contribution < -0.4 is 5.32 Å². The van der Waals surface area contributed by atoms with E-state index in [0.717, 1.165) is 30.9 Å². The van der Waals surface area contributed by atoms with Crippen molar-refractivity contribution in [1.29, 1.82) is 0 Å². The summed E-state index contributed by atoms with van der Waals surface area (Å²) < 4.78 is 2.13. The van der Waals surface area contributed by atoms with E-state index in [1.165, 1.54) is 16.8 Å². The molecule has 4 rings (SSSR count). The van der Waals surface area contributed by atoms with Crippen LogP contribution in [0.25, 0.3) is 22.4 Å². The summed E-state index contributed by atoms with van der Waals surface area (Å²) in [5.74, 6) is 0. The highest BCUT2D eigenvalue weighted by atomic mass is 15.3. The van der Waals surface area contributed by atoms with E-state index in [2.05, 4.69) is 51.4 Å². The van der Waals surface area contributed by atoms with Crippen molar-refractivity contribution in [1.82, 2.24) is 20.1 Å². The van der Waals surface area contributed by atoms with Crippen molar-refractivity contribution < 1.29 is 0 Å². The molecule has 1 aliphatic heterocycles. The topological polar surface area (TPSA) is 42.7 Å². The van der Waals surface area contributed by atoms with Gasteiger partial charge < -0.3 is 5.32 Å². The van der Waals surface area contributed by atoms with Crippen LogP contribution in [-0.4, -0.2) is 21.3 Å². The first-order valence-electron chi connectivity index (χ1n) is 7.20. The third kappa shape index (κ3) is 2.14. The summed E-state index contributed by atoms with van der Waals surface area (Å²) in [5, 5.41) is 8.29. The van der Waals surface area contributed by atoms with Gasteiger partial charge in [0.25, 0.3) is 0 Å². The number of rotatable bonds is 2. The van der Waals surface area contributed by atoms with Crippen molar-refractivity contribution in [3.63, 3.8) is 0 Å². The Bertz CT molecular complexity index is 747. The highest BCUT2D eigenvalue weighted by Crippen LogP contribution is 2.34. The zero-order valence-electron chi connectivity index (χ0n) is 11.7. The Morgan fingerprint density at radius 1 is 0.952 bits per heavy atom. The normalized spacial score (nSPS) is 13.9. The molecule has 0 fully saturated rings. The van der Waals surface area contributed by atoms with E-state index in [-0.39, 0.29) is 0 Å². The minimum Gasteiger partial charge on any atom is -0.309 e. The number of nitrogens with one attached hydrogen (secondary N) is 1. The van der Waals surface area contributed by atoms with Gasteiger partial charge in [0, 0.05) is 36.6 Å². The molecule has 0 bridgehead atoms. The molecule has 21 heavy (non-hydrogen) atoms. The second-order valence-electron chi connectivity index (χ2n) is 5.17. The fourth-order valence-electron chi connectivity index (χ4n) is 2.87. The van der Waals surface area contributed by atoms with Gasteiger partial charge >= 0.3 is 0 Å². The summed E-state index contributed by atoms with van der Waals surface area (Å²) >= 11 is 0. The number of nitrogens with zero attached hydrogens (tertiary/aromatic N) is 3. The van der Waals surface area contributed by atoms with Crippen molar-refractivity contribution in [2.75, 3.05) is 6.54 Å². The molecule has 0 amide bonds. The number of pyridine rings is 1. The van der Waals surface area contributed by atoms with Gasteiger partial charge in [-0.25, -0.2) is 0 Å². The molecular weight excluding hydrogens is 260 g/mol. The average Bonchev–Trinajstić information content (AvgIpc) is 2.96. The van der Waals surface area contributed by atoms with Crippen LogP contribution in [0.2, 0.25) is 0 Å². The molecule has 0 saturated carbocycles. The molecule has 0 radical (unpaired) electrons. The lowest BCUT2D eigenvalue weighted by molar-refractivity contribution is 0.477. The molecule has 3 aromatic rings. The number of benzene rings is 1. The van der Waals surface area contributed by atoms with Gasteiger partial charge in [-0.2, -0.15) is 5.10 Å². The van der Waals surface area contributed by atoms with Gasteiger partial charge in [-0.3, -0.25) is 9.67 Å². The number of aromatic nitrogens is 3. The van der Waals surface area contributed by atoms with Crippen molar-refractivity contribution in [2.24, 2.45) is 0 Å². The van der Waals surface area contributed by atoms with E-state index in [4.69, 9.17) is 5.10 Å². The minimum atomic E-state index is 0.859. The van der Waals surface area contributed by atoms with Gasteiger partial charge in [-0.05, 0) is 17.7 Å². The van der Waals surface area contributed by atoms with Crippen LogP contribution in [0.4, 0.5) is 0 Å². The Balaban J connectivity index is 1.96. The van der Waals surface area contributed by atoms with Crippen LogP contribution in [0.1, 0.15) is 5.69 Å². The van der Waals surface area contributed by atoms with E-state index in [1.807, 2.05) is 18.5 Å². The second kappa shape index (κ2) is 5.14. The first-order chi connectivity index (χ1) is 10.4. The third-order valence-electron chi connectivity index (χ3n) is 3.87. The quantitative estimate of drug-likeness (QED) is 0.782. The molecule has 1 aromatic carbocycles. The van der Waals surface area contributed by atoms with Gasteiger partial charge in [-0.15, -0.1) is 0 Å². The largest absolute Gasteiger partial charge is 0.309 e. The first kappa shape index (κ1) is 12.3. The fourth-order valence-corrected chi connectivity index (χ4v) is 2.87. The predicted octanol–water partition coefficient (Wildman–Crippen LogP) is 2.72. The minimum absolute atomic E-state index is 0.859. The summed E-state index contributed by atoms with van der Waals surface area (Å²) in [6.07, 6.45) is 3.68. The first-order valence-corrected chi connectivity index (χ1v) is 7.20. The zero-order chi connectivity index (χ0) is 14.1. The van der Waals surface area contributed by atoms with E-state index >= 15 is 0 Å². The molecule has 3 heterocycles. The molecule has 1 aliphatic rings. The van der Waals surface area contributed by atoms with Gasteiger partial charge in [0.05, 0.1) is 12.2 Å². The Labute approximate surface area is 123 Å². The second-order valence-corrected chi connectivity index (χ2v) is 5.17. The van der Waals surface area contributed by atoms with Crippen LogP contribution in [0.15, 0.2) is 54.9 Å². The van der Waals surface area contributed by atoms with Crippen LogP contribution in [0, 0.1) is 0 Å². The van der Waals surface area contributed by atoms with Crippen LogP contribution >= 0.6 is 0 Å². The Hall–Kier alpha value is -2.46. The van der Waals surface area contributed by atoms with E-state index in [9.17, 15) is 0 Å². The standard InChI is InChI=1S/C17H16N4/c1-2-4-14(5-3-1)17-16(13-6-8-18-9-7-13)15-12-19-10-11-21(15)20-17/h1-9,19H,10-12H2. The molecule has 0 saturated heterocycles. The smallest absolute Gasteiger partial charge is 0.100 e. The van der Waals surface area contributed by atoms with E-state index in [1.54, 1.807) is 0 Å². The molecule has 0 atom stereocenters. The van der Waals surface area contributed by atoms with E-state index in [0.29, 0.717) is 0 Å².